The number of aliphatic hydroxyl groups excluding tert-OH is 1. The van der Waals surface area contributed by atoms with E-state index in [0.717, 1.165) is 64.2 Å². The Labute approximate surface area is 415 Å². The number of hydrogen-bond donors (Lipinski definition) is 3. The first-order valence-corrected chi connectivity index (χ1v) is 29.7. The second-order valence-electron chi connectivity index (χ2n) is 20.3. The fourth-order valence-electron chi connectivity index (χ4n) is 8.09. The summed E-state index contributed by atoms with van der Waals surface area (Å²) >= 11 is 0. The average Bonchev–Trinajstić information content (AvgIpc) is 3.29. The van der Waals surface area contributed by atoms with Crippen LogP contribution in [0.3, 0.4) is 0 Å². The van der Waals surface area contributed by atoms with E-state index in [4.69, 9.17) is 9.05 Å². The average molecular weight is 962 g/mol. The van der Waals surface area contributed by atoms with Crippen LogP contribution in [0.25, 0.3) is 0 Å². The highest BCUT2D eigenvalue weighted by atomic mass is 31.2. The number of likely N-dealkylation sites (N-methyl/N-ethyl adjacent to an activating group) is 1. The maximum atomic E-state index is 12.9. The molecule has 0 bridgehead atoms. The molecular formula is C58H110N2O6P+. The second kappa shape index (κ2) is 49.2. The van der Waals surface area contributed by atoms with Crippen LogP contribution in [0.2, 0.25) is 0 Å². The Morgan fingerprint density at radius 1 is 0.522 bits per heavy atom. The van der Waals surface area contributed by atoms with Gasteiger partial charge in [-0.25, -0.2) is 4.57 Å². The van der Waals surface area contributed by atoms with E-state index in [1.165, 1.54) is 167 Å². The molecule has 0 saturated carbocycles. The van der Waals surface area contributed by atoms with Crippen molar-refractivity contribution < 1.29 is 32.9 Å². The van der Waals surface area contributed by atoms with Crippen LogP contribution in [0, 0.1) is 0 Å². The van der Waals surface area contributed by atoms with Gasteiger partial charge in [0, 0.05) is 6.42 Å². The van der Waals surface area contributed by atoms with Crippen molar-refractivity contribution in [3.05, 3.63) is 60.8 Å². The third-order valence-corrected chi connectivity index (χ3v) is 13.5. The van der Waals surface area contributed by atoms with E-state index < -0.39 is 20.0 Å². The predicted octanol–water partition coefficient (Wildman–Crippen LogP) is 16.9. The topological polar surface area (TPSA) is 105 Å². The first kappa shape index (κ1) is 65.2. The van der Waals surface area contributed by atoms with Gasteiger partial charge in [0.05, 0.1) is 39.9 Å². The maximum absolute atomic E-state index is 12.9. The zero-order valence-corrected chi connectivity index (χ0v) is 45.5. The third kappa shape index (κ3) is 51.9. The number of nitrogens with zero attached hydrogens (tertiary/aromatic N) is 1. The molecular weight excluding hydrogens is 852 g/mol. The quantitative estimate of drug-likeness (QED) is 0.0243. The highest BCUT2D eigenvalue weighted by Gasteiger charge is 2.27. The Morgan fingerprint density at radius 2 is 0.896 bits per heavy atom. The third-order valence-electron chi connectivity index (χ3n) is 12.5. The molecule has 0 aliphatic carbocycles. The van der Waals surface area contributed by atoms with Crippen molar-refractivity contribution in [2.24, 2.45) is 0 Å². The summed E-state index contributed by atoms with van der Waals surface area (Å²) in [5.74, 6) is -0.176. The van der Waals surface area contributed by atoms with Crippen molar-refractivity contribution in [1.29, 1.82) is 0 Å². The largest absolute Gasteiger partial charge is 0.472 e. The summed E-state index contributed by atoms with van der Waals surface area (Å²) in [5.41, 5.74) is 0. The lowest BCUT2D eigenvalue weighted by molar-refractivity contribution is -0.870. The van der Waals surface area contributed by atoms with Gasteiger partial charge in [0.25, 0.3) is 0 Å². The lowest BCUT2D eigenvalue weighted by Gasteiger charge is -2.25. The van der Waals surface area contributed by atoms with Crippen LogP contribution in [0.1, 0.15) is 251 Å². The molecule has 0 radical (unpaired) electrons. The van der Waals surface area contributed by atoms with Crippen molar-refractivity contribution in [2.75, 3.05) is 40.9 Å². The van der Waals surface area contributed by atoms with E-state index in [1.54, 1.807) is 6.08 Å². The van der Waals surface area contributed by atoms with Gasteiger partial charge >= 0.3 is 7.82 Å². The molecule has 1 amide bonds. The number of allylic oxidation sites excluding steroid dienone is 9. The van der Waals surface area contributed by atoms with Gasteiger partial charge in [0.1, 0.15) is 13.2 Å². The number of quaternary nitrogens is 1. The van der Waals surface area contributed by atoms with Crippen molar-refractivity contribution >= 4 is 13.7 Å². The molecule has 9 heteroatoms. The molecule has 0 aromatic heterocycles. The summed E-state index contributed by atoms with van der Waals surface area (Å²) in [7, 11) is 1.58. The SMILES string of the molecule is CC/C=C\C/C=C\C/C=C\C/C=C\CCCCCCCCCCCCCCCCCCCCCCC(=O)NC(COP(=O)(O)OCC[N+](C)(C)C)C(O)/C=C/CCCCCCCCCCCC. The smallest absolute Gasteiger partial charge is 0.387 e. The number of phosphoric ester groups is 1. The van der Waals surface area contributed by atoms with E-state index in [9.17, 15) is 19.4 Å². The van der Waals surface area contributed by atoms with Gasteiger partial charge in [-0.1, -0.05) is 248 Å². The predicted molar refractivity (Wildman–Crippen MR) is 290 cm³/mol. The molecule has 3 atom stereocenters. The summed E-state index contributed by atoms with van der Waals surface area (Å²) in [6, 6.07) is -0.845. The number of carbonyl (C=O) groups is 1. The number of phosphoric acid groups is 1. The minimum atomic E-state index is -4.34. The molecule has 392 valence electrons. The van der Waals surface area contributed by atoms with Gasteiger partial charge in [-0.2, -0.15) is 0 Å². The van der Waals surface area contributed by atoms with Gasteiger partial charge in [-0.3, -0.25) is 13.8 Å². The number of hydrogen-bond acceptors (Lipinski definition) is 5. The van der Waals surface area contributed by atoms with Crippen LogP contribution in [0.5, 0.6) is 0 Å². The van der Waals surface area contributed by atoms with Gasteiger partial charge < -0.3 is 19.8 Å². The number of carbonyl (C=O) groups excluding carboxylic acids is 1. The first-order valence-electron chi connectivity index (χ1n) is 28.2. The normalized spacial score (nSPS) is 14.4. The van der Waals surface area contributed by atoms with Crippen LogP contribution >= 0.6 is 7.82 Å². The number of nitrogens with one attached hydrogen (secondary N) is 1. The molecule has 0 fully saturated rings. The molecule has 0 saturated heterocycles. The molecule has 3 N–H and O–H groups in total. The summed E-state index contributed by atoms with van der Waals surface area (Å²) in [5, 5.41) is 13.9. The number of rotatable bonds is 51. The van der Waals surface area contributed by atoms with E-state index in [0.29, 0.717) is 17.4 Å². The highest BCUT2D eigenvalue weighted by molar-refractivity contribution is 7.47. The number of unbranched alkanes of at least 4 members (excludes halogenated alkanes) is 30. The maximum Gasteiger partial charge on any atom is 0.472 e. The van der Waals surface area contributed by atoms with E-state index in [-0.39, 0.29) is 19.1 Å². The summed E-state index contributed by atoms with van der Waals surface area (Å²) in [6.45, 7) is 4.70. The monoisotopic (exact) mass is 962 g/mol. The summed E-state index contributed by atoms with van der Waals surface area (Å²) in [4.78, 5) is 23.2. The summed E-state index contributed by atoms with van der Waals surface area (Å²) < 4.78 is 23.6. The van der Waals surface area contributed by atoms with Crippen LogP contribution in [-0.4, -0.2) is 73.4 Å². The second-order valence-corrected chi connectivity index (χ2v) is 21.7. The zero-order chi connectivity index (χ0) is 49.2. The van der Waals surface area contributed by atoms with E-state index in [1.807, 2.05) is 27.2 Å². The van der Waals surface area contributed by atoms with E-state index in [2.05, 4.69) is 67.8 Å². The van der Waals surface area contributed by atoms with Crippen molar-refractivity contribution in [3.63, 3.8) is 0 Å². The van der Waals surface area contributed by atoms with Crippen LogP contribution in [0.15, 0.2) is 60.8 Å². The van der Waals surface area contributed by atoms with Crippen molar-refractivity contribution in [2.45, 2.75) is 264 Å². The fraction of sp³-hybridized carbons (Fsp3) is 0.810. The van der Waals surface area contributed by atoms with Gasteiger partial charge in [-0.05, 0) is 57.8 Å². The van der Waals surface area contributed by atoms with Gasteiger partial charge in [-0.15, -0.1) is 0 Å². The van der Waals surface area contributed by atoms with Crippen LogP contribution in [0.4, 0.5) is 0 Å². The Balaban J connectivity index is 4.00. The van der Waals surface area contributed by atoms with Crippen LogP contribution in [-0.2, 0) is 18.4 Å². The molecule has 8 nitrogen and oxygen atoms in total. The number of aliphatic hydroxyl groups is 1. The van der Waals surface area contributed by atoms with Gasteiger partial charge in [0.2, 0.25) is 5.91 Å². The Kier molecular flexibility index (Phi) is 47.9. The highest BCUT2D eigenvalue weighted by Crippen LogP contribution is 2.43. The standard InChI is InChI=1S/C58H109N2O6P/c1-6-8-10-12-14-16-18-20-21-22-23-24-25-26-27-28-29-30-31-32-33-34-35-36-37-38-39-40-42-44-46-48-50-52-58(62)59-56(55-66-67(63,64)65-54-53-60(3,4)5)57(61)51-49-47-45-43-41-19-17-15-13-11-9-7-2/h8,10,14,16,20-21,23-24,49,51,56-57,61H,6-7,9,11-13,15,17-19,22,25-48,50,52-55H2,1-5H3,(H-,59,62,63,64)/p+1/b10-8-,16-14-,21-20-,24-23-,51-49+. The molecule has 0 rings (SSSR count). The molecule has 0 aromatic carbocycles. The zero-order valence-electron chi connectivity index (χ0n) is 44.6. The molecule has 0 aliphatic rings. The molecule has 0 aliphatic heterocycles. The Morgan fingerprint density at radius 3 is 1.31 bits per heavy atom. The van der Waals surface area contributed by atoms with Crippen molar-refractivity contribution in [1.82, 2.24) is 5.32 Å². The Bertz CT molecular complexity index is 1270. The summed E-state index contributed by atoms with van der Waals surface area (Å²) in [6.07, 6.45) is 66.2. The first-order chi connectivity index (χ1) is 32.5. The lowest BCUT2D eigenvalue weighted by Crippen LogP contribution is -2.45. The minimum Gasteiger partial charge on any atom is -0.387 e. The molecule has 3 unspecified atom stereocenters. The molecule has 0 heterocycles. The fourth-order valence-corrected chi connectivity index (χ4v) is 8.83. The van der Waals surface area contributed by atoms with Crippen molar-refractivity contribution in [3.8, 4) is 0 Å². The minimum absolute atomic E-state index is 0.0617. The molecule has 0 aromatic rings. The number of amides is 1. The molecule has 0 spiro atoms. The van der Waals surface area contributed by atoms with E-state index >= 15 is 0 Å². The van der Waals surface area contributed by atoms with Gasteiger partial charge in [0.15, 0.2) is 0 Å². The van der Waals surface area contributed by atoms with Crippen LogP contribution < -0.4 is 5.32 Å². The lowest BCUT2D eigenvalue weighted by atomic mass is 10.0. The molecule has 67 heavy (non-hydrogen) atoms. The Hall–Kier alpha value is -1.80.